The summed E-state index contributed by atoms with van der Waals surface area (Å²) in [5.74, 6) is 1.11. The molecule has 0 aliphatic carbocycles. The Kier molecular flexibility index (Phi) is 3.92. The van der Waals surface area contributed by atoms with Gasteiger partial charge in [0.05, 0.1) is 7.11 Å². The number of nitrogens with zero attached hydrogens (tertiary/aromatic N) is 6. The fourth-order valence-electron chi connectivity index (χ4n) is 3.41. The van der Waals surface area contributed by atoms with Crippen molar-refractivity contribution in [3.8, 4) is 6.07 Å². The van der Waals surface area contributed by atoms with Crippen LogP contribution in [0, 0.1) is 11.3 Å². The van der Waals surface area contributed by atoms with Crippen LogP contribution in [0.3, 0.4) is 0 Å². The summed E-state index contributed by atoms with van der Waals surface area (Å²) in [6, 6.07) is 7.31. The normalized spacial score (nSPS) is 19.2. The highest BCUT2D eigenvalue weighted by atomic mass is 16.5. The van der Waals surface area contributed by atoms with Crippen molar-refractivity contribution in [1.82, 2.24) is 24.8 Å². The summed E-state index contributed by atoms with van der Waals surface area (Å²) in [6.45, 7) is 2.49. The molecule has 4 heterocycles. The minimum atomic E-state index is -0.812. The molecule has 1 aliphatic heterocycles. The Bertz CT molecular complexity index is 1050. The minimum Gasteiger partial charge on any atom is -0.467 e. The first-order chi connectivity index (χ1) is 13.0. The Morgan fingerprint density at radius 2 is 2.37 bits per heavy atom. The van der Waals surface area contributed by atoms with E-state index in [0.29, 0.717) is 36.2 Å². The third-order valence-corrected chi connectivity index (χ3v) is 4.83. The van der Waals surface area contributed by atoms with Crippen molar-refractivity contribution in [2.45, 2.75) is 25.3 Å². The lowest BCUT2D eigenvalue weighted by atomic mass is 9.99. The summed E-state index contributed by atoms with van der Waals surface area (Å²) in [5.41, 5.74) is 0.280. The van der Waals surface area contributed by atoms with Crippen LogP contribution in [0.4, 0.5) is 17.6 Å². The zero-order chi connectivity index (χ0) is 19.0. The first-order valence-electron chi connectivity index (χ1n) is 8.49. The largest absolute Gasteiger partial charge is 0.467 e. The van der Waals surface area contributed by atoms with E-state index in [0.717, 1.165) is 11.9 Å². The van der Waals surface area contributed by atoms with Crippen LogP contribution < -0.4 is 10.2 Å². The van der Waals surface area contributed by atoms with Gasteiger partial charge in [0, 0.05) is 18.8 Å². The molecule has 138 valence electrons. The number of esters is 1. The second kappa shape index (κ2) is 6.28. The summed E-state index contributed by atoms with van der Waals surface area (Å²) < 4.78 is 6.69. The molecule has 3 aromatic heterocycles. The topological polar surface area (TPSA) is 124 Å². The Hall–Kier alpha value is -3.61. The van der Waals surface area contributed by atoms with E-state index >= 15 is 0 Å². The third-order valence-electron chi connectivity index (χ3n) is 4.83. The van der Waals surface area contributed by atoms with Crippen LogP contribution in [0.15, 0.2) is 24.4 Å². The second-order valence-corrected chi connectivity index (χ2v) is 6.52. The van der Waals surface area contributed by atoms with Crippen LogP contribution in [-0.2, 0) is 9.53 Å². The first kappa shape index (κ1) is 16.8. The van der Waals surface area contributed by atoms with Gasteiger partial charge >= 0.3 is 5.97 Å². The number of carbonyl (C=O) groups excluding carboxylic acids is 1. The molecule has 0 spiro atoms. The van der Waals surface area contributed by atoms with Crippen molar-refractivity contribution in [2.24, 2.45) is 0 Å². The lowest BCUT2D eigenvalue weighted by Crippen LogP contribution is -2.49. The molecule has 27 heavy (non-hydrogen) atoms. The Balaban J connectivity index is 1.76. The number of ether oxygens (including phenoxy) is 1. The summed E-state index contributed by atoms with van der Waals surface area (Å²) in [4.78, 5) is 18.9. The molecule has 0 bridgehead atoms. The zero-order valence-corrected chi connectivity index (χ0v) is 14.9. The Morgan fingerprint density at radius 3 is 3.11 bits per heavy atom. The summed E-state index contributed by atoms with van der Waals surface area (Å²) >= 11 is 0. The number of aromatic nitrogens is 5. The van der Waals surface area contributed by atoms with E-state index in [-0.39, 0.29) is 5.97 Å². The molecule has 0 radical (unpaired) electrons. The van der Waals surface area contributed by atoms with Gasteiger partial charge in [-0.15, -0.1) is 5.10 Å². The van der Waals surface area contributed by atoms with Gasteiger partial charge in [-0.25, -0.2) is 9.31 Å². The number of H-pyrrole nitrogens is 1. The van der Waals surface area contributed by atoms with Crippen LogP contribution >= 0.6 is 0 Å². The van der Waals surface area contributed by atoms with Crippen LogP contribution in [-0.4, -0.2) is 50.0 Å². The molecule has 10 nitrogen and oxygen atoms in total. The van der Waals surface area contributed by atoms with Crippen LogP contribution in [0.5, 0.6) is 0 Å². The molecule has 0 amide bonds. The van der Waals surface area contributed by atoms with Crippen LogP contribution in [0.25, 0.3) is 5.52 Å². The van der Waals surface area contributed by atoms with Gasteiger partial charge in [-0.1, -0.05) is 0 Å². The van der Waals surface area contributed by atoms with Crippen LogP contribution in [0.1, 0.15) is 25.5 Å². The zero-order valence-electron chi connectivity index (χ0n) is 14.9. The number of carbonyl (C=O) groups is 1. The number of methoxy groups -OCH3 is 1. The van der Waals surface area contributed by atoms with Crippen molar-refractivity contribution < 1.29 is 9.53 Å². The number of nitriles is 1. The molecule has 0 unspecified atom stereocenters. The second-order valence-electron chi connectivity index (χ2n) is 6.52. The molecule has 4 rings (SSSR count). The van der Waals surface area contributed by atoms with Gasteiger partial charge in [-0.05, 0) is 31.9 Å². The molecule has 0 saturated carbocycles. The maximum atomic E-state index is 12.4. The number of anilines is 3. The molecule has 3 aromatic rings. The number of fused-ring (bicyclic) bond motifs is 1. The number of hydrogen-bond acceptors (Lipinski definition) is 8. The van der Waals surface area contributed by atoms with Gasteiger partial charge in [0.25, 0.3) is 0 Å². The third kappa shape index (κ3) is 2.73. The van der Waals surface area contributed by atoms with E-state index in [4.69, 9.17) is 10.00 Å². The summed E-state index contributed by atoms with van der Waals surface area (Å²) in [5, 5.41) is 23.3. The maximum absolute atomic E-state index is 12.4. The van der Waals surface area contributed by atoms with Gasteiger partial charge in [-0.2, -0.15) is 15.3 Å². The van der Waals surface area contributed by atoms with E-state index in [2.05, 4.69) is 25.6 Å². The Labute approximate surface area is 154 Å². The lowest BCUT2D eigenvalue weighted by Gasteiger charge is -2.32. The van der Waals surface area contributed by atoms with Gasteiger partial charge < -0.3 is 15.0 Å². The number of nitrogens with one attached hydrogen (secondary N) is 2. The quantitative estimate of drug-likeness (QED) is 0.667. The van der Waals surface area contributed by atoms with Crippen LogP contribution in [0.2, 0.25) is 0 Å². The lowest BCUT2D eigenvalue weighted by molar-refractivity contribution is -0.146. The number of hydrogen-bond donors (Lipinski definition) is 2. The SMILES string of the molecule is COC(=O)[C@]1(C)CCCN1c1nc(Nc2cc(C#N)[nH]n2)c2cccn2n1. The monoisotopic (exact) mass is 366 g/mol. The van der Waals surface area contributed by atoms with Gasteiger partial charge in [-0.3, -0.25) is 5.10 Å². The van der Waals surface area contributed by atoms with Gasteiger partial charge in [0.15, 0.2) is 11.6 Å². The molecule has 1 aliphatic rings. The molecular formula is C17H18N8O2. The van der Waals surface area contributed by atoms with E-state index in [9.17, 15) is 4.79 Å². The highest BCUT2D eigenvalue weighted by Crippen LogP contribution is 2.34. The average Bonchev–Trinajstić information content (AvgIpc) is 3.40. The smallest absolute Gasteiger partial charge is 0.331 e. The molecule has 2 N–H and O–H groups in total. The van der Waals surface area contributed by atoms with Crippen molar-refractivity contribution in [2.75, 3.05) is 23.9 Å². The molecule has 1 fully saturated rings. The van der Waals surface area contributed by atoms with E-state index in [1.807, 2.05) is 36.2 Å². The molecule has 1 atom stereocenters. The Morgan fingerprint density at radius 1 is 1.52 bits per heavy atom. The molecular weight excluding hydrogens is 348 g/mol. The molecule has 1 saturated heterocycles. The van der Waals surface area contributed by atoms with E-state index in [1.54, 1.807) is 10.6 Å². The first-order valence-corrected chi connectivity index (χ1v) is 8.49. The summed E-state index contributed by atoms with van der Waals surface area (Å²) in [6.07, 6.45) is 3.31. The van der Waals surface area contributed by atoms with Gasteiger partial charge in [0.1, 0.15) is 22.8 Å². The fraction of sp³-hybridized carbons (Fsp3) is 0.353. The predicted octanol–water partition coefficient (Wildman–Crippen LogP) is 1.60. The van der Waals surface area contributed by atoms with Gasteiger partial charge in [0.2, 0.25) is 5.95 Å². The standard InChI is InChI=1S/C17H18N8O2/c1-17(15(26)27-2)6-4-7-24(17)16-20-14(12-5-3-8-25(12)23-16)19-13-9-11(10-18)21-22-13/h3,5,8-9H,4,6-7H2,1-2H3,(H2,19,20,21,22,23)/t17-/m0/s1. The number of aromatic amines is 1. The van der Waals surface area contributed by atoms with Crippen molar-refractivity contribution in [3.63, 3.8) is 0 Å². The summed E-state index contributed by atoms with van der Waals surface area (Å²) in [7, 11) is 1.39. The van der Waals surface area contributed by atoms with Crippen molar-refractivity contribution in [3.05, 3.63) is 30.1 Å². The number of rotatable bonds is 4. The highest BCUT2D eigenvalue weighted by Gasteiger charge is 2.46. The molecule has 0 aromatic carbocycles. The van der Waals surface area contributed by atoms with E-state index in [1.165, 1.54) is 7.11 Å². The predicted molar refractivity (Wildman–Crippen MR) is 96.6 cm³/mol. The average molecular weight is 366 g/mol. The minimum absolute atomic E-state index is 0.309. The van der Waals surface area contributed by atoms with Crippen molar-refractivity contribution in [1.29, 1.82) is 5.26 Å². The highest BCUT2D eigenvalue weighted by molar-refractivity contribution is 5.85. The van der Waals surface area contributed by atoms with E-state index < -0.39 is 5.54 Å². The van der Waals surface area contributed by atoms with Crippen molar-refractivity contribution >= 4 is 29.1 Å². The fourth-order valence-corrected chi connectivity index (χ4v) is 3.41. The molecule has 10 heteroatoms. The maximum Gasteiger partial charge on any atom is 0.331 e.